The second-order valence-electron chi connectivity index (χ2n) is 10.9. The van der Waals surface area contributed by atoms with Crippen molar-refractivity contribution in [2.24, 2.45) is 0 Å². The van der Waals surface area contributed by atoms with Crippen molar-refractivity contribution in [1.82, 2.24) is 36.4 Å². The summed E-state index contributed by atoms with van der Waals surface area (Å²) in [5.41, 5.74) is 0. The van der Waals surface area contributed by atoms with Gasteiger partial charge in [-0.05, 0) is 12.5 Å². The number of nitrogens with zero attached hydrogens (tertiary/aromatic N) is 2. The number of hydrogen-bond donors (Lipinski definition) is 5. The number of thioether (sulfide) groups is 2. The number of methoxy groups -OCH3 is 1. The molecule has 2 unspecified atom stereocenters. The Kier molecular flexibility index (Phi) is 18.0. The average molecular weight is 716 g/mol. The number of ether oxygens (including phenoxy) is 1. The fraction of sp³-hybridized carbons (Fsp3) is 0.690. The Hall–Kier alpha value is -3.71. The molecule has 0 spiro atoms. The highest BCUT2D eigenvalue weighted by Gasteiger charge is 2.38. The maximum Gasteiger partial charge on any atom is 0.242 e. The van der Waals surface area contributed by atoms with E-state index in [9.17, 15) is 43.2 Å². The minimum Gasteiger partial charge on any atom is -0.384 e. The van der Waals surface area contributed by atoms with Crippen molar-refractivity contribution in [3.8, 4) is 0 Å². The molecule has 2 fully saturated rings. The maximum atomic E-state index is 12.6. The molecule has 5 N–H and O–H groups in total. The lowest BCUT2D eigenvalue weighted by Gasteiger charge is -2.19. The number of carbonyl (C=O) groups is 9. The van der Waals surface area contributed by atoms with Gasteiger partial charge in [0.1, 0.15) is 0 Å². The zero-order valence-corrected chi connectivity index (χ0v) is 29.1. The summed E-state index contributed by atoms with van der Waals surface area (Å²) in [5.74, 6) is -3.38. The van der Waals surface area contributed by atoms with Crippen molar-refractivity contribution < 1.29 is 47.9 Å². The van der Waals surface area contributed by atoms with Crippen LogP contribution in [-0.2, 0) is 47.9 Å². The first-order chi connectivity index (χ1) is 22.9. The van der Waals surface area contributed by atoms with E-state index < -0.39 is 46.1 Å². The summed E-state index contributed by atoms with van der Waals surface area (Å²) < 4.78 is 4.90. The summed E-state index contributed by atoms with van der Waals surface area (Å²) in [6.07, 6.45) is 3.16. The van der Waals surface area contributed by atoms with Crippen LogP contribution >= 0.6 is 23.5 Å². The van der Waals surface area contributed by atoms with E-state index in [1.54, 1.807) is 12.5 Å². The van der Waals surface area contributed by atoms with E-state index >= 15 is 0 Å². The van der Waals surface area contributed by atoms with Gasteiger partial charge >= 0.3 is 0 Å². The number of rotatable bonds is 22. The van der Waals surface area contributed by atoms with Gasteiger partial charge in [-0.2, -0.15) is 23.5 Å². The standard InChI is InChI=1S/C29H45N7O10S2/c1-46-13-6-23(39)34-18(14-24(40)32-9-7-30-21(37)4-11-35-26(42)16-19(47-2)28(35)44)15-25(41)33-10-8-31-22(38)5-12-36-27(43)17-20(48-3)29(36)45/h18-20H,4-17H2,1-3H3,(H,30,37)(H,31,38)(H,32,40)(H,33,41)(H,34,39). The lowest BCUT2D eigenvalue weighted by atomic mass is 10.1. The summed E-state index contributed by atoms with van der Waals surface area (Å²) in [6, 6.07) is -0.847. The highest BCUT2D eigenvalue weighted by Crippen LogP contribution is 2.24. The molecule has 0 aromatic heterocycles. The molecule has 9 amide bonds. The first kappa shape index (κ1) is 40.5. The molecule has 2 rings (SSSR count). The molecule has 0 aliphatic carbocycles. The van der Waals surface area contributed by atoms with Gasteiger partial charge in [-0.1, -0.05) is 0 Å². The lowest BCUT2D eigenvalue weighted by Crippen LogP contribution is -2.44. The number of imide groups is 2. The summed E-state index contributed by atoms with van der Waals surface area (Å²) >= 11 is 2.58. The Morgan fingerprint density at radius 3 is 1.42 bits per heavy atom. The Bertz CT molecular complexity index is 1140. The first-order valence-corrected chi connectivity index (χ1v) is 18.1. The molecule has 2 aliphatic rings. The molecular weight excluding hydrogens is 670 g/mol. The van der Waals surface area contributed by atoms with Crippen LogP contribution in [0.3, 0.4) is 0 Å². The van der Waals surface area contributed by atoms with Crippen LogP contribution in [0.1, 0.15) is 44.9 Å². The summed E-state index contributed by atoms with van der Waals surface area (Å²) in [7, 11) is 1.43. The zero-order chi connectivity index (χ0) is 35.6. The average Bonchev–Trinajstić information content (AvgIpc) is 3.49. The number of hydrogen-bond acceptors (Lipinski definition) is 12. The summed E-state index contributed by atoms with van der Waals surface area (Å²) in [5, 5.41) is 12.2. The molecule has 2 heterocycles. The number of amides is 9. The van der Waals surface area contributed by atoms with E-state index in [0.29, 0.717) is 0 Å². The van der Waals surface area contributed by atoms with E-state index in [4.69, 9.17) is 4.74 Å². The van der Waals surface area contributed by atoms with Crippen molar-refractivity contribution in [2.75, 3.05) is 65.5 Å². The van der Waals surface area contributed by atoms with Crippen molar-refractivity contribution in [3.63, 3.8) is 0 Å². The van der Waals surface area contributed by atoms with Crippen molar-refractivity contribution >= 4 is 76.7 Å². The van der Waals surface area contributed by atoms with Gasteiger partial charge in [0.25, 0.3) is 0 Å². The monoisotopic (exact) mass is 715 g/mol. The van der Waals surface area contributed by atoms with Gasteiger partial charge in [0.05, 0.1) is 17.1 Å². The maximum absolute atomic E-state index is 12.6. The number of likely N-dealkylation sites (tertiary alicyclic amines) is 2. The van der Waals surface area contributed by atoms with Crippen LogP contribution in [-0.4, -0.2) is 145 Å². The largest absolute Gasteiger partial charge is 0.384 e. The van der Waals surface area contributed by atoms with E-state index in [-0.39, 0.29) is 114 Å². The number of carbonyl (C=O) groups excluding carboxylic acids is 9. The van der Waals surface area contributed by atoms with E-state index in [0.717, 1.165) is 9.80 Å². The van der Waals surface area contributed by atoms with Gasteiger partial charge in [-0.25, -0.2) is 0 Å². The van der Waals surface area contributed by atoms with Gasteiger partial charge in [0, 0.05) is 97.4 Å². The van der Waals surface area contributed by atoms with Crippen LogP contribution in [0.25, 0.3) is 0 Å². The molecule has 48 heavy (non-hydrogen) atoms. The third kappa shape index (κ3) is 13.8. The second-order valence-corrected chi connectivity index (χ2v) is 13.0. The molecule has 2 saturated heterocycles. The predicted octanol–water partition coefficient (Wildman–Crippen LogP) is -2.49. The lowest BCUT2D eigenvalue weighted by molar-refractivity contribution is -0.140. The van der Waals surface area contributed by atoms with Gasteiger partial charge < -0.3 is 31.3 Å². The molecule has 0 saturated carbocycles. The minimum absolute atomic E-state index is 0.0201. The Morgan fingerprint density at radius 2 is 1.06 bits per heavy atom. The molecule has 0 radical (unpaired) electrons. The minimum atomic E-state index is -0.847. The SMILES string of the molecule is COCCC(=O)NC(CC(=O)NCCNC(=O)CCN1C(=O)CC(SC)C1=O)CC(=O)NCCNC(=O)CCN1C(=O)CC(SC)C1=O. The molecular formula is C29H45N7O10S2. The third-order valence-electron chi connectivity index (χ3n) is 7.40. The second kappa shape index (κ2) is 21.3. The molecule has 19 heteroatoms. The molecule has 0 aromatic rings. The fourth-order valence-electron chi connectivity index (χ4n) is 4.82. The molecule has 0 bridgehead atoms. The highest BCUT2D eigenvalue weighted by molar-refractivity contribution is 8.00. The quantitative estimate of drug-likeness (QED) is 0.0580. The van der Waals surface area contributed by atoms with Gasteiger partial charge in [-0.15, -0.1) is 0 Å². The first-order valence-electron chi connectivity index (χ1n) is 15.5. The van der Waals surface area contributed by atoms with Crippen molar-refractivity contribution in [1.29, 1.82) is 0 Å². The zero-order valence-electron chi connectivity index (χ0n) is 27.4. The molecule has 17 nitrogen and oxygen atoms in total. The van der Waals surface area contributed by atoms with Crippen LogP contribution in [0.4, 0.5) is 0 Å². The highest BCUT2D eigenvalue weighted by atomic mass is 32.2. The summed E-state index contributed by atoms with van der Waals surface area (Å²) in [4.78, 5) is 112. The van der Waals surface area contributed by atoms with Crippen molar-refractivity contribution in [3.05, 3.63) is 0 Å². The Balaban J connectivity index is 1.69. The normalized spacial score (nSPS) is 18.1. The van der Waals surface area contributed by atoms with Crippen LogP contribution in [0, 0.1) is 0 Å². The van der Waals surface area contributed by atoms with E-state index in [1.807, 2.05) is 0 Å². The van der Waals surface area contributed by atoms with Crippen LogP contribution in [0.2, 0.25) is 0 Å². The van der Waals surface area contributed by atoms with E-state index in [2.05, 4.69) is 26.6 Å². The Morgan fingerprint density at radius 1 is 0.667 bits per heavy atom. The third-order valence-corrected chi connectivity index (χ3v) is 9.27. The predicted molar refractivity (Wildman–Crippen MR) is 176 cm³/mol. The van der Waals surface area contributed by atoms with Gasteiger partial charge in [-0.3, -0.25) is 53.0 Å². The van der Waals surface area contributed by atoms with Gasteiger partial charge in [0.2, 0.25) is 53.2 Å². The van der Waals surface area contributed by atoms with Crippen molar-refractivity contribution in [2.45, 2.75) is 61.5 Å². The molecule has 2 atom stereocenters. The fourth-order valence-corrected chi connectivity index (χ4v) is 6.09. The molecule has 0 aromatic carbocycles. The van der Waals surface area contributed by atoms with Crippen LogP contribution < -0.4 is 26.6 Å². The topological polar surface area (TPSA) is 229 Å². The van der Waals surface area contributed by atoms with Gasteiger partial charge in [0.15, 0.2) is 0 Å². The van der Waals surface area contributed by atoms with Crippen LogP contribution in [0.5, 0.6) is 0 Å². The van der Waals surface area contributed by atoms with E-state index in [1.165, 1.54) is 30.6 Å². The molecule has 268 valence electrons. The Labute approximate surface area is 287 Å². The molecule has 2 aliphatic heterocycles. The smallest absolute Gasteiger partial charge is 0.242 e. The van der Waals surface area contributed by atoms with Crippen LogP contribution in [0.15, 0.2) is 0 Å². The summed E-state index contributed by atoms with van der Waals surface area (Å²) in [6.45, 7) is 0.401. The number of nitrogens with one attached hydrogen (secondary N) is 5.